The topological polar surface area (TPSA) is 87.9 Å². The third kappa shape index (κ3) is 2.19. The molecular formula is C15H21NO5S. The van der Waals surface area contributed by atoms with E-state index in [9.17, 15) is 8.42 Å². The maximum absolute atomic E-state index is 12.5. The van der Waals surface area contributed by atoms with Gasteiger partial charge in [-0.25, -0.2) is 8.42 Å². The van der Waals surface area contributed by atoms with Gasteiger partial charge >= 0.3 is 0 Å². The minimum atomic E-state index is -3.21. The second-order valence-corrected chi connectivity index (χ2v) is 8.24. The molecule has 2 N–H and O–H groups in total. The van der Waals surface area contributed by atoms with E-state index in [2.05, 4.69) is 0 Å². The zero-order chi connectivity index (χ0) is 16.0. The smallest absolute Gasteiger partial charge is 0.231 e. The summed E-state index contributed by atoms with van der Waals surface area (Å²) in [6.45, 7) is 2.45. The average molecular weight is 327 g/mol. The lowest BCUT2D eigenvalue weighted by Crippen LogP contribution is -2.28. The molecule has 1 aliphatic carbocycles. The summed E-state index contributed by atoms with van der Waals surface area (Å²) in [5.41, 5.74) is 6.29. The zero-order valence-corrected chi connectivity index (χ0v) is 13.6. The fourth-order valence-corrected chi connectivity index (χ4v) is 5.70. The quantitative estimate of drug-likeness (QED) is 0.835. The van der Waals surface area contributed by atoms with Gasteiger partial charge in [0.2, 0.25) is 6.79 Å². The molecule has 122 valence electrons. The Morgan fingerprint density at radius 2 is 2.09 bits per heavy atom. The van der Waals surface area contributed by atoms with E-state index in [-0.39, 0.29) is 25.0 Å². The first kappa shape index (κ1) is 15.6. The van der Waals surface area contributed by atoms with Gasteiger partial charge in [-0.3, -0.25) is 0 Å². The molecule has 1 aromatic carbocycles. The summed E-state index contributed by atoms with van der Waals surface area (Å²) in [5, 5.41) is -0.504. The van der Waals surface area contributed by atoms with Crippen molar-refractivity contribution in [3.8, 4) is 11.5 Å². The molecule has 1 heterocycles. The van der Waals surface area contributed by atoms with Crippen LogP contribution < -0.4 is 15.2 Å². The van der Waals surface area contributed by atoms with Crippen molar-refractivity contribution in [1.29, 1.82) is 0 Å². The molecule has 0 saturated heterocycles. The number of rotatable bonds is 6. The molecule has 1 aliphatic heterocycles. The van der Waals surface area contributed by atoms with E-state index in [1.807, 2.05) is 18.2 Å². The largest absolute Gasteiger partial charge is 0.454 e. The molecular weight excluding hydrogens is 306 g/mol. The summed E-state index contributed by atoms with van der Waals surface area (Å²) in [6.07, 6.45) is 0. The summed E-state index contributed by atoms with van der Waals surface area (Å²) in [5.74, 6) is 1.27. The van der Waals surface area contributed by atoms with Gasteiger partial charge in [0, 0.05) is 30.7 Å². The molecule has 22 heavy (non-hydrogen) atoms. The normalized spacial score (nSPS) is 29.6. The third-order valence-electron chi connectivity index (χ3n) is 4.72. The second kappa shape index (κ2) is 5.40. The van der Waals surface area contributed by atoms with Crippen molar-refractivity contribution in [1.82, 2.24) is 0 Å². The van der Waals surface area contributed by atoms with Crippen molar-refractivity contribution in [2.75, 3.05) is 32.8 Å². The highest BCUT2D eigenvalue weighted by atomic mass is 32.2. The summed E-state index contributed by atoms with van der Waals surface area (Å²) in [6, 6.07) is 5.57. The fraction of sp³-hybridized carbons (Fsp3) is 0.600. The van der Waals surface area contributed by atoms with Crippen LogP contribution in [0.15, 0.2) is 18.2 Å². The summed E-state index contributed by atoms with van der Waals surface area (Å²) in [7, 11) is -1.64. The van der Waals surface area contributed by atoms with E-state index >= 15 is 0 Å². The third-order valence-corrected chi connectivity index (χ3v) is 7.04. The number of hydrogen-bond donors (Lipinski definition) is 1. The minimum absolute atomic E-state index is 0.101. The van der Waals surface area contributed by atoms with Crippen LogP contribution in [-0.2, 0) is 14.6 Å². The van der Waals surface area contributed by atoms with Crippen molar-refractivity contribution in [3.05, 3.63) is 23.8 Å². The Hall–Kier alpha value is -1.31. The Bertz CT molecular complexity index is 675. The molecule has 0 bridgehead atoms. The summed E-state index contributed by atoms with van der Waals surface area (Å²) >= 11 is 0. The molecule has 6 nitrogen and oxygen atoms in total. The van der Waals surface area contributed by atoms with Gasteiger partial charge in [-0.15, -0.1) is 0 Å². The molecule has 0 amide bonds. The average Bonchev–Trinajstić information content (AvgIpc) is 2.96. The zero-order valence-electron chi connectivity index (χ0n) is 12.7. The maximum atomic E-state index is 12.5. The van der Waals surface area contributed by atoms with Crippen molar-refractivity contribution in [2.24, 2.45) is 11.1 Å². The molecule has 0 spiro atoms. The Morgan fingerprint density at radius 3 is 2.73 bits per heavy atom. The van der Waals surface area contributed by atoms with Crippen LogP contribution in [0, 0.1) is 5.41 Å². The number of nitrogens with two attached hydrogens (primary N) is 1. The lowest BCUT2D eigenvalue weighted by atomic mass is 9.99. The first-order valence-corrected chi connectivity index (χ1v) is 9.02. The first-order chi connectivity index (χ1) is 10.5. The molecule has 1 fully saturated rings. The minimum Gasteiger partial charge on any atom is -0.454 e. The summed E-state index contributed by atoms with van der Waals surface area (Å²) in [4.78, 5) is 0. The van der Waals surface area contributed by atoms with Crippen LogP contribution in [0.1, 0.15) is 18.4 Å². The van der Waals surface area contributed by atoms with Crippen molar-refractivity contribution in [2.45, 2.75) is 18.1 Å². The number of sulfone groups is 1. The number of ether oxygens (including phenoxy) is 3. The molecule has 3 atom stereocenters. The lowest BCUT2D eigenvalue weighted by molar-refractivity contribution is 0.142. The van der Waals surface area contributed by atoms with Crippen LogP contribution in [-0.4, -0.2) is 46.5 Å². The van der Waals surface area contributed by atoms with Crippen LogP contribution in [0.3, 0.4) is 0 Å². The molecule has 7 heteroatoms. The van der Waals surface area contributed by atoms with Gasteiger partial charge in [-0.05, 0) is 17.7 Å². The van der Waals surface area contributed by atoms with Crippen molar-refractivity contribution in [3.63, 3.8) is 0 Å². The number of benzene rings is 1. The molecule has 0 aromatic heterocycles. The van der Waals surface area contributed by atoms with Crippen LogP contribution in [0.4, 0.5) is 0 Å². The first-order valence-electron chi connectivity index (χ1n) is 7.30. The van der Waals surface area contributed by atoms with E-state index in [0.717, 1.165) is 5.56 Å². The number of hydrogen-bond acceptors (Lipinski definition) is 6. The predicted molar refractivity (Wildman–Crippen MR) is 81.9 cm³/mol. The van der Waals surface area contributed by atoms with Gasteiger partial charge in [-0.2, -0.15) is 0 Å². The SMILES string of the molecule is CCS(=O)(=O)[C@H]1[C@H](c2ccc3c(c2)OCO3)[C@@]1(CN)COC. The highest BCUT2D eigenvalue weighted by Crippen LogP contribution is 2.63. The molecule has 3 rings (SSSR count). The van der Waals surface area contributed by atoms with Gasteiger partial charge < -0.3 is 19.9 Å². The molecule has 1 aromatic rings. The van der Waals surface area contributed by atoms with Gasteiger partial charge in [0.15, 0.2) is 21.3 Å². The van der Waals surface area contributed by atoms with Crippen LogP contribution >= 0.6 is 0 Å². The highest BCUT2D eigenvalue weighted by Gasteiger charge is 2.69. The second-order valence-electron chi connectivity index (χ2n) is 5.83. The van der Waals surface area contributed by atoms with Crippen molar-refractivity contribution >= 4 is 9.84 Å². The van der Waals surface area contributed by atoms with Gasteiger partial charge in [0.1, 0.15) is 0 Å². The van der Waals surface area contributed by atoms with Crippen LogP contribution in [0.5, 0.6) is 11.5 Å². The number of methoxy groups -OCH3 is 1. The Kier molecular flexibility index (Phi) is 3.82. The number of fused-ring (bicyclic) bond motifs is 1. The Morgan fingerprint density at radius 1 is 1.36 bits per heavy atom. The highest BCUT2D eigenvalue weighted by molar-refractivity contribution is 7.92. The van der Waals surface area contributed by atoms with Gasteiger partial charge in [0.05, 0.1) is 11.9 Å². The molecule has 0 unspecified atom stereocenters. The monoisotopic (exact) mass is 327 g/mol. The van der Waals surface area contributed by atoms with E-state index in [1.54, 1.807) is 14.0 Å². The fourth-order valence-electron chi connectivity index (χ4n) is 3.55. The Balaban J connectivity index is 2.00. The standard InChI is InChI=1S/C15H21NO5S/c1-3-22(17,18)14-13(15(14,7-16)8-19-2)10-4-5-11-12(6-10)21-9-20-11/h4-6,13-14H,3,7-9,16H2,1-2H3/t13-,14-,15+/m0/s1. The molecule has 1 saturated carbocycles. The van der Waals surface area contributed by atoms with Crippen LogP contribution in [0.25, 0.3) is 0 Å². The van der Waals surface area contributed by atoms with Gasteiger partial charge in [-0.1, -0.05) is 13.0 Å². The maximum Gasteiger partial charge on any atom is 0.231 e. The van der Waals surface area contributed by atoms with Gasteiger partial charge in [0.25, 0.3) is 0 Å². The van der Waals surface area contributed by atoms with E-state index in [0.29, 0.717) is 18.1 Å². The Labute approximate surface area is 130 Å². The molecule has 2 aliphatic rings. The predicted octanol–water partition coefficient (Wildman–Crippen LogP) is 0.907. The van der Waals surface area contributed by atoms with E-state index in [1.165, 1.54) is 0 Å². The lowest BCUT2D eigenvalue weighted by Gasteiger charge is -2.14. The van der Waals surface area contributed by atoms with E-state index in [4.69, 9.17) is 19.9 Å². The van der Waals surface area contributed by atoms with E-state index < -0.39 is 20.5 Å². The molecule has 0 radical (unpaired) electrons. The van der Waals surface area contributed by atoms with Crippen molar-refractivity contribution < 1.29 is 22.6 Å². The summed E-state index contributed by atoms with van der Waals surface area (Å²) < 4.78 is 40.9. The van der Waals surface area contributed by atoms with Crippen LogP contribution in [0.2, 0.25) is 0 Å².